The maximum atomic E-state index is 12.9. The number of rotatable bonds is 4. The zero-order valence-electron chi connectivity index (χ0n) is 15.7. The quantitative estimate of drug-likeness (QED) is 0.691. The average Bonchev–Trinajstić information content (AvgIpc) is 2.59. The van der Waals surface area contributed by atoms with Crippen molar-refractivity contribution in [3.8, 4) is 0 Å². The molecule has 0 spiro atoms. The highest BCUT2D eigenvalue weighted by Gasteiger charge is 2.61. The second-order valence-corrected chi connectivity index (χ2v) is 9.31. The lowest BCUT2D eigenvalue weighted by Gasteiger charge is -2.63. The van der Waals surface area contributed by atoms with Gasteiger partial charge in [0.25, 0.3) is 0 Å². The third kappa shape index (κ3) is 2.57. The molecule has 3 heteroatoms. The minimum atomic E-state index is -0.225. The van der Waals surface area contributed by atoms with Crippen molar-refractivity contribution in [3.05, 3.63) is 0 Å². The third-order valence-electron chi connectivity index (χ3n) is 8.04. The summed E-state index contributed by atoms with van der Waals surface area (Å²) in [4.78, 5) is 14.9. The molecule has 1 saturated heterocycles. The number of hydrogen-bond acceptors (Lipinski definition) is 2. The first-order valence-corrected chi connectivity index (χ1v) is 10.6. The van der Waals surface area contributed by atoms with Crippen LogP contribution < -0.4 is 0 Å². The van der Waals surface area contributed by atoms with Crippen LogP contribution in [-0.2, 0) is 4.74 Å². The van der Waals surface area contributed by atoms with Crippen molar-refractivity contribution in [1.82, 2.24) is 4.90 Å². The molecule has 1 heterocycles. The lowest BCUT2D eigenvalue weighted by molar-refractivity contribution is -0.186. The number of carbonyl (C=O) groups excluding carboxylic acids is 1. The average molecular weight is 334 g/mol. The third-order valence-corrected chi connectivity index (χ3v) is 8.04. The highest BCUT2D eigenvalue weighted by atomic mass is 16.6. The molecule has 0 radical (unpaired) electrons. The highest BCUT2D eigenvalue weighted by Crippen LogP contribution is 2.65. The van der Waals surface area contributed by atoms with Gasteiger partial charge in [0.1, 0.15) is 5.60 Å². The van der Waals surface area contributed by atoms with Crippen LogP contribution in [0.3, 0.4) is 0 Å². The molecule has 0 atom stereocenters. The first-order chi connectivity index (χ1) is 11.6. The molecule has 4 bridgehead atoms. The second-order valence-electron chi connectivity index (χ2n) is 9.31. The molecular weight excluding hydrogens is 298 g/mol. The molecule has 1 aliphatic heterocycles. The van der Waals surface area contributed by atoms with E-state index in [9.17, 15) is 4.79 Å². The number of piperidine rings is 1. The summed E-state index contributed by atoms with van der Waals surface area (Å²) in [6.45, 7) is 6.30. The number of amides is 1. The fourth-order valence-corrected chi connectivity index (χ4v) is 7.23. The van der Waals surface area contributed by atoms with Crippen molar-refractivity contribution in [2.75, 3.05) is 13.1 Å². The van der Waals surface area contributed by atoms with Gasteiger partial charge >= 0.3 is 6.09 Å². The molecule has 5 rings (SSSR count). The van der Waals surface area contributed by atoms with Crippen molar-refractivity contribution in [2.24, 2.45) is 23.2 Å². The summed E-state index contributed by atoms with van der Waals surface area (Å²) in [6.07, 6.45) is 13.8. The van der Waals surface area contributed by atoms with Gasteiger partial charge in [0, 0.05) is 18.5 Å². The fourth-order valence-electron chi connectivity index (χ4n) is 7.23. The largest absolute Gasteiger partial charge is 0.442 e. The molecule has 24 heavy (non-hydrogen) atoms. The van der Waals surface area contributed by atoms with Crippen LogP contribution in [0.5, 0.6) is 0 Å². The lowest BCUT2D eigenvalue weighted by Crippen LogP contribution is -2.60. The molecule has 1 amide bonds. The summed E-state index contributed by atoms with van der Waals surface area (Å²) in [7, 11) is 0. The SMILES string of the molecule is CCC(CC)(OC(=O)N1CCCCC1)C12CC3CC(CC(C3)C1)C2. The second kappa shape index (κ2) is 6.21. The van der Waals surface area contributed by atoms with Crippen LogP contribution in [0, 0.1) is 23.2 Å². The van der Waals surface area contributed by atoms with Gasteiger partial charge in [0.15, 0.2) is 0 Å². The Balaban J connectivity index is 1.57. The summed E-state index contributed by atoms with van der Waals surface area (Å²) in [5, 5.41) is 0. The molecule has 0 aromatic heterocycles. The van der Waals surface area contributed by atoms with Crippen molar-refractivity contribution >= 4 is 6.09 Å². The van der Waals surface area contributed by atoms with E-state index in [1.54, 1.807) is 0 Å². The van der Waals surface area contributed by atoms with E-state index < -0.39 is 0 Å². The van der Waals surface area contributed by atoms with Crippen LogP contribution in [-0.4, -0.2) is 29.7 Å². The molecule has 0 aromatic carbocycles. The topological polar surface area (TPSA) is 29.5 Å². The van der Waals surface area contributed by atoms with Gasteiger partial charge in [0.05, 0.1) is 0 Å². The zero-order chi connectivity index (χ0) is 16.8. The van der Waals surface area contributed by atoms with Crippen LogP contribution in [0.2, 0.25) is 0 Å². The van der Waals surface area contributed by atoms with E-state index in [1.165, 1.54) is 44.9 Å². The first-order valence-electron chi connectivity index (χ1n) is 10.6. The van der Waals surface area contributed by atoms with E-state index in [-0.39, 0.29) is 17.1 Å². The monoisotopic (exact) mass is 333 g/mol. The molecular formula is C21H35NO2. The van der Waals surface area contributed by atoms with Crippen LogP contribution in [0.15, 0.2) is 0 Å². The summed E-state index contributed by atoms with van der Waals surface area (Å²) < 4.78 is 6.45. The molecule has 0 aromatic rings. The van der Waals surface area contributed by atoms with E-state index >= 15 is 0 Å². The Kier molecular flexibility index (Phi) is 4.33. The minimum Gasteiger partial charge on any atom is -0.442 e. The number of carbonyl (C=O) groups is 1. The maximum absolute atomic E-state index is 12.9. The zero-order valence-corrected chi connectivity index (χ0v) is 15.7. The molecule has 3 nitrogen and oxygen atoms in total. The van der Waals surface area contributed by atoms with Gasteiger partial charge in [-0.05, 0) is 88.4 Å². The van der Waals surface area contributed by atoms with Gasteiger partial charge in [0.2, 0.25) is 0 Å². The van der Waals surface area contributed by atoms with Crippen LogP contribution in [0.4, 0.5) is 4.79 Å². The van der Waals surface area contributed by atoms with Gasteiger partial charge in [-0.25, -0.2) is 4.79 Å². The van der Waals surface area contributed by atoms with E-state index in [2.05, 4.69) is 13.8 Å². The molecule has 5 fully saturated rings. The Morgan fingerprint density at radius 2 is 1.46 bits per heavy atom. The van der Waals surface area contributed by atoms with Crippen LogP contribution >= 0.6 is 0 Å². The minimum absolute atomic E-state index is 0.0193. The van der Waals surface area contributed by atoms with Crippen molar-refractivity contribution < 1.29 is 9.53 Å². The van der Waals surface area contributed by atoms with Crippen LogP contribution in [0.1, 0.15) is 84.5 Å². The predicted octanol–water partition coefficient (Wildman–Crippen LogP) is 5.38. The molecule has 0 unspecified atom stereocenters. The van der Waals surface area contributed by atoms with E-state index in [0.29, 0.717) is 0 Å². The first kappa shape index (κ1) is 16.7. The summed E-state index contributed by atoms with van der Waals surface area (Å²) in [6, 6.07) is 0. The normalized spacial score (nSPS) is 38.4. The van der Waals surface area contributed by atoms with Crippen molar-refractivity contribution in [2.45, 2.75) is 90.1 Å². The van der Waals surface area contributed by atoms with Gasteiger partial charge in [-0.3, -0.25) is 0 Å². The Morgan fingerprint density at radius 3 is 1.92 bits per heavy atom. The van der Waals surface area contributed by atoms with E-state index in [1.807, 2.05) is 4.90 Å². The molecule has 4 aliphatic carbocycles. The summed E-state index contributed by atoms with van der Waals surface area (Å²) in [5.74, 6) is 2.72. The lowest BCUT2D eigenvalue weighted by atomic mass is 9.44. The predicted molar refractivity (Wildman–Crippen MR) is 95.8 cm³/mol. The van der Waals surface area contributed by atoms with Gasteiger partial charge < -0.3 is 9.64 Å². The van der Waals surface area contributed by atoms with Gasteiger partial charge in [-0.2, -0.15) is 0 Å². The Labute approximate surface area is 147 Å². The maximum Gasteiger partial charge on any atom is 0.410 e. The number of hydrogen-bond donors (Lipinski definition) is 0. The van der Waals surface area contributed by atoms with Crippen molar-refractivity contribution in [3.63, 3.8) is 0 Å². The smallest absolute Gasteiger partial charge is 0.410 e. The van der Waals surface area contributed by atoms with E-state index in [4.69, 9.17) is 4.74 Å². The Bertz CT molecular complexity index is 441. The molecule has 136 valence electrons. The van der Waals surface area contributed by atoms with Gasteiger partial charge in [-0.15, -0.1) is 0 Å². The molecule has 0 N–H and O–H groups in total. The fraction of sp³-hybridized carbons (Fsp3) is 0.952. The number of likely N-dealkylation sites (tertiary alicyclic amines) is 1. The molecule has 5 aliphatic rings. The number of nitrogens with zero attached hydrogens (tertiary/aromatic N) is 1. The Morgan fingerprint density at radius 1 is 0.958 bits per heavy atom. The molecule has 4 saturated carbocycles. The number of ether oxygens (including phenoxy) is 1. The van der Waals surface area contributed by atoms with Gasteiger partial charge in [-0.1, -0.05) is 13.8 Å². The highest BCUT2D eigenvalue weighted by molar-refractivity contribution is 5.68. The van der Waals surface area contributed by atoms with Crippen molar-refractivity contribution in [1.29, 1.82) is 0 Å². The van der Waals surface area contributed by atoms with Crippen LogP contribution in [0.25, 0.3) is 0 Å². The standard InChI is InChI=1S/C21H35NO2/c1-3-21(4-2,24-19(23)22-8-6-5-7-9-22)20-13-16-10-17(14-20)12-18(11-16)15-20/h16-18H,3-15H2,1-2H3. The Hall–Kier alpha value is -0.730. The summed E-state index contributed by atoms with van der Waals surface area (Å²) in [5.41, 5.74) is 0.0498. The summed E-state index contributed by atoms with van der Waals surface area (Å²) >= 11 is 0. The van der Waals surface area contributed by atoms with E-state index in [0.717, 1.165) is 56.5 Å².